The molecule has 0 spiro atoms. The van der Waals surface area contributed by atoms with E-state index < -0.39 is 0 Å². The monoisotopic (exact) mass is 117 g/mol. The van der Waals surface area contributed by atoms with Crippen LogP contribution in [0.15, 0.2) is 11.6 Å². The van der Waals surface area contributed by atoms with Gasteiger partial charge in [-0.15, -0.1) is 0 Å². The van der Waals surface area contributed by atoms with Crippen LogP contribution in [0.5, 0.6) is 0 Å². The minimum absolute atomic E-state index is 0.0728. The third kappa shape index (κ3) is 3.80. The molecule has 0 heterocycles. The van der Waals surface area contributed by atoms with Crippen molar-refractivity contribution in [1.82, 2.24) is 0 Å². The van der Waals surface area contributed by atoms with E-state index in [1.54, 1.807) is 13.0 Å². The van der Waals surface area contributed by atoms with Gasteiger partial charge in [0.1, 0.15) is 0 Å². The molecule has 0 aliphatic heterocycles. The Hall–Kier alpha value is -0.380. The van der Waals surface area contributed by atoms with Crippen molar-refractivity contribution < 1.29 is 9.94 Å². The highest BCUT2D eigenvalue weighted by Crippen LogP contribution is 1.86. The summed E-state index contributed by atoms with van der Waals surface area (Å²) >= 11 is 0. The Morgan fingerprint density at radius 3 is 2.88 bits per heavy atom. The normalized spacial score (nSPS) is 12.1. The second kappa shape index (κ2) is 4.77. The van der Waals surface area contributed by atoms with Crippen molar-refractivity contribution in [3.63, 3.8) is 0 Å². The highest BCUT2D eigenvalue weighted by Gasteiger charge is 1.81. The Morgan fingerprint density at radius 2 is 2.50 bits per heavy atom. The van der Waals surface area contributed by atoms with Gasteiger partial charge in [0.05, 0.1) is 13.2 Å². The number of hydrogen-bond acceptors (Lipinski definition) is 3. The van der Waals surface area contributed by atoms with Crippen molar-refractivity contribution in [2.24, 2.45) is 5.90 Å². The molecular weight excluding hydrogens is 106 g/mol. The summed E-state index contributed by atoms with van der Waals surface area (Å²) in [4.78, 5) is 4.23. The van der Waals surface area contributed by atoms with Gasteiger partial charge < -0.3 is 9.94 Å². The fourth-order valence-electron chi connectivity index (χ4n) is 0.255. The van der Waals surface area contributed by atoms with E-state index in [0.717, 1.165) is 5.57 Å². The van der Waals surface area contributed by atoms with Crippen LogP contribution in [0, 0.1) is 0 Å². The number of aliphatic hydroxyl groups excluding tert-OH is 1. The zero-order valence-corrected chi connectivity index (χ0v) is 4.92. The predicted molar refractivity (Wildman–Crippen MR) is 31.0 cm³/mol. The molecule has 3 nitrogen and oxygen atoms in total. The average Bonchev–Trinajstić information content (AvgIpc) is 1.83. The van der Waals surface area contributed by atoms with Crippen LogP contribution < -0.4 is 5.90 Å². The van der Waals surface area contributed by atoms with Crippen LogP contribution in [0.3, 0.4) is 0 Å². The summed E-state index contributed by atoms with van der Waals surface area (Å²) in [6.45, 7) is 2.24. The molecule has 0 saturated carbocycles. The molecule has 0 radical (unpaired) electrons. The summed E-state index contributed by atoms with van der Waals surface area (Å²) in [5.74, 6) is 4.71. The van der Waals surface area contributed by atoms with Crippen LogP contribution in [-0.4, -0.2) is 18.3 Å². The van der Waals surface area contributed by atoms with Gasteiger partial charge in [-0.25, -0.2) is 5.90 Å². The van der Waals surface area contributed by atoms with Gasteiger partial charge in [-0.1, -0.05) is 6.08 Å². The highest BCUT2D eigenvalue weighted by molar-refractivity contribution is 4.97. The van der Waals surface area contributed by atoms with Crippen LogP contribution in [0.2, 0.25) is 0 Å². The van der Waals surface area contributed by atoms with Gasteiger partial charge in [0, 0.05) is 0 Å². The van der Waals surface area contributed by atoms with Crippen LogP contribution in [0.25, 0.3) is 0 Å². The minimum Gasteiger partial charge on any atom is -0.392 e. The van der Waals surface area contributed by atoms with E-state index >= 15 is 0 Å². The minimum atomic E-state index is 0.0728. The first-order valence-electron chi connectivity index (χ1n) is 2.39. The van der Waals surface area contributed by atoms with Crippen molar-refractivity contribution >= 4 is 0 Å². The molecule has 0 saturated heterocycles. The molecule has 0 aromatic carbocycles. The van der Waals surface area contributed by atoms with Crippen LogP contribution in [-0.2, 0) is 4.84 Å². The maximum absolute atomic E-state index is 8.40. The molecule has 0 unspecified atom stereocenters. The Balaban J connectivity index is 3.26. The quantitative estimate of drug-likeness (QED) is 0.398. The average molecular weight is 117 g/mol. The summed E-state index contributed by atoms with van der Waals surface area (Å²) in [5.41, 5.74) is 0.871. The van der Waals surface area contributed by atoms with Crippen molar-refractivity contribution in [3.8, 4) is 0 Å². The summed E-state index contributed by atoms with van der Waals surface area (Å²) in [7, 11) is 0. The van der Waals surface area contributed by atoms with Gasteiger partial charge in [-0.2, -0.15) is 0 Å². The van der Waals surface area contributed by atoms with Gasteiger partial charge in [-0.05, 0) is 12.5 Å². The van der Waals surface area contributed by atoms with E-state index in [1.807, 2.05) is 0 Å². The molecule has 0 bridgehead atoms. The molecule has 0 fully saturated rings. The molecule has 0 aliphatic rings. The highest BCUT2D eigenvalue weighted by atomic mass is 16.6. The Labute approximate surface area is 48.7 Å². The molecular formula is C5H11NO2. The Bertz CT molecular complexity index is 80.5. The molecule has 0 aromatic rings. The number of aliphatic hydroxyl groups is 1. The molecule has 3 N–H and O–H groups in total. The molecule has 3 heteroatoms. The zero-order valence-electron chi connectivity index (χ0n) is 4.92. The van der Waals surface area contributed by atoms with Gasteiger partial charge in [0.2, 0.25) is 0 Å². The van der Waals surface area contributed by atoms with Crippen LogP contribution in [0.1, 0.15) is 6.92 Å². The fourth-order valence-corrected chi connectivity index (χ4v) is 0.255. The van der Waals surface area contributed by atoms with Crippen molar-refractivity contribution in [3.05, 3.63) is 11.6 Å². The summed E-state index contributed by atoms with van der Waals surface area (Å²) in [6.07, 6.45) is 1.72. The van der Waals surface area contributed by atoms with Gasteiger partial charge in [-0.3, -0.25) is 0 Å². The standard InChI is InChI=1S/C5H11NO2/c1-5(4-7)2-3-8-6/h2,7H,3-4,6H2,1H3/b5-2+. The molecule has 0 atom stereocenters. The SMILES string of the molecule is C/C(=C\CON)CO. The van der Waals surface area contributed by atoms with E-state index in [2.05, 4.69) is 4.84 Å². The first-order chi connectivity index (χ1) is 3.81. The lowest BCUT2D eigenvalue weighted by Gasteiger charge is -1.91. The number of nitrogens with two attached hydrogens (primary N) is 1. The maximum atomic E-state index is 8.40. The van der Waals surface area contributed by atoms with Crippen molar-refractivity contribution in [2.45, 2.75) is 6.92 Å². The van der Waals surface area contributed by atoms with E-state index in [1.165, 1.54) is 0 Å². The van der Waals surface area contributed by atoms with E-state index in [-0.39, 0.29) is 6.61 Å². The van der Waals surface area contributed by atoms with E-state index in [0.29, 0.717) is 6.61 Å². The van der Waals surface area contributed by atoms with Gasteiger partial charge in [0.25, 0.3) is 0 Å². The van der Waals surface area contributed by atoms with Gasteiger partial charge >= 0.3 is 0 Å². The molecule has 0 rings (SSSR count). The lowest BCUT2D eigenvalue weighted by molar-refractivity contribution is 0.167. The lowest BCUT2D eigenvalue weighted by atomic mass is 10.3. The first kappa shape index (κ1) is 7.62. The number of hydrogen-bond donors (Lipinski definition) is 2. The molecule has 0 aromatic heterocycles. The predicted octanol–water partition coefficient (Wildman–Crippen LogP) is -0.185. The first-order valence-corrected chi connectivity index (χ1v) is 2.39. The largest absolute Gasteiger partial charge is 0.392 e. The topological polar surface area (TPSA) is 55.5 Å². The Morgan fingerprint density at radius 1 is 1.88 bits per heavy atom. The van der Waals surface area contributed by atoms with E-state index in [9.17, 15) is 0 Å². The van der Waals surface area contributed by atoms with Gasteiger partial charge in [0.15, 0.2) is 0 Å². The van der Waals surface area contributed by atoms with E-state index in [4.69, 9.17) is 11.0 Å². The number of rotatable bonds is 3. The smallest absolute Gasteiger partial charge is 0.0864 e. The second-order valence-corrected chi connectivity index (χ2v) is 1.54. The fraction of sp³-hybridized carbons (Fsp3) is 0.600. The third-order valence-corrected chi connectivity index (χ3v) is 0.777. The molecule has 0 aliphatic carbocycles. The van der Waals surface area contributed by atoms with Crippen molar-refractivity contribution in [1.29, 1.82) is 0 Å². The molecule has 0 amide bonds. The molecule has 48 valence electrons. The summed E-state index contributed by atoms with van der Waals surface area (Å²) < 4.78 is 0. The van der Waals surface area contributed by atoms with Crippen molar-refractivity contribution in [2.75, 3.05) is 13.2 Å². The Kier molecular flexibility index (Phi) is 4.54. The van der Waals surface area contributed by atoms with Crippen LogP contribution >= 0.6 is 0 Å². The summed E-state index contributed by atoms with van der Waals surface area (Å²) in [5, 5.41) is 8.40. The zero-order chi connectivity index (χ0) is 6.41. The lowest BCUT2D eigenvalue weighted by Crippen LogP contribution is -1.98. The van der Waals surface area contributed by atoms with Crippen LogP contribution in [0.4, 0.5) is 0 Å². The maximum Gasteiger partial charge on any atom is 0.0864 e. The second-order valence-electron chi connectivity index (χ2n) is 1.54. The molecule has 8 heavy (non-hydrogen) atoms. The third-order valence-electron chi connectivity index (χ3n) is 0.777. The summed E-state index contributed by atoms with van der Waals surface area (Å²) in [6, 6.07) is 0.